The number of ether oxygens (including phenoxy) is 1. The van der Waals surface area contributed by atoms with Crippen LogP contribution in [0.15, 0.2) is 33.4 Å². The molecule has 0 aromatic carbocycles. The summed E-state index contributed by atoms with van der Waals surface area (Å²) in [6, 6.07) is 0. The van der Waals surface area contributed by atoms with E-state index in [1.165, 1.54) is 19.3 Å². The van der Waals surface area contributed by atoms with Crippen LogP contribution in [0.2, 0.25) is 0 Å². The molecular formula is C13H16N6O2. The SMILES string of the molecule is COC1=CC(=Nc2c(N)n3n(c2=O)CCC3)C(N)=CC1=N. The maximum Gasteiger partial charge on any atom is 0.294 e. The maximum atomic E-state index is 12.3. The van der Waals surface area contributed by atoms with Gasteiger partial charge in [-0.05, 0) is 12.5 Å². The minimum atomic E-state index is -0.224. The van der Waals surface area contributed by atoms with Crippen LogP contribution in [0.1, 0.15) is 6.42 Å². The molecule has 0 saturated carbocycles. The van der Waals surface area contributed by atoms with E-state index in [9.17, 15) is 4.79 Å². The van der Waals surface area contributed by atoms with Gasteiger partial charge in [0, 0.05) is 19.2 Å². The lowest BCUT2D eigenvalue weighted by Crippen LogP contribution is -2.20. The number of methoxy groups -OCH3 is 1. The lowest BCUT2D eigenvalue weighted by Gasteiger charge is -2.12. The average Bonchev–Trinajstić information content (AvgIpc) is 3.01. The number of aromatic nitrogens is 2. The molecule has 1 aliphatic heterocycles. The van der Waals surface area contributed by atoms with Crippen LogP contribution in [0.25, 0.3) is 0 Å². The van der Waals surface area contributed by atoms with E-state index in [1.807, 2.05) is 0 Å². The number of fused-ring (bicyclic) bond motifs is 1. The van der Waals surface area contributed by atoms with E-state index in [1.54, 1.807) is 9.36 Å². The summed E-state index contributed by atoms with van der Waals surface area (Å²) in [4.78, 5) is 16.6. The fourth-order valence-electron chi connectivity index (χ4n) is 2.50. The molecule has 0 fully saturated rings. The number of nitrogens with two attached hydrogens (primary N) is 2. The quantitative estimate of drug-likeness (QED) is 0.668. The van der Waals surface area contributed by atoms with Gasteiger partial charge < -0.3 is 16.2 Å². The number of anilines is 1. The van der Waals surface area contributed by atoms with Crippen LogP contribution in [0.4, 0.5) is 11.5 Å². The van der Waals surface area contributed by atoms with E-state index in [2.05, 4.69) is 4.99 Å². The van der Waals surface area contributed by atoms with Gasteiger partial charge in [0.15, 0.2) is 11.5 Å². The van der Waals surface area contributed by atoms with E-state index < -0.39 is 0 Å². The minimum Gasteiger partial charge on any atom is -0.494 e. The number of nitrogens with one attached hydrogen (secondary N) is 1. The van der Waals surface area contributed by atoms with Crippen LogP contribution in [-0.4, -0.2) is 27.9 Å². The average molecular weight is 288 g/mol. The molecule has 8 nitrogen and oxygen atoms in total. The van der Waals surface area contributed by atoms with E-state index in [0.717, 1.165) is 6.42 Å². The molecule has 0 unspecified atom stereocenters. The Kier molecular flexibility index (Phi) is 2.93. The fraction of sp³-hybridized carbons (Fsp3) is 0.308. The molecule has 21 heavy (non-hydrogen) atoms. The highest BCUT2D eigenvalue weighted by molar-refractivity contribution is 6.22. The van der Waals surface area contributed by atoms with Gasteiger partial charge in [0.05, 0.1) is 24.2 Å². The Morgan fingerprint density at radius 1 is 1.29 bits per heavy atom. The van der Waals surface area contributed by atoms with Crippen molar-refractivity contribution < 1.29 is 4.74 Å². The lowest BCUT2D eigenvalue weighted by atomic mass is 10.1. The van der Waals surface area contributed by atoms with Crippen molar-refractivity contribution >= 4 is 22.9 Å². The zero-order valence-corrected chi connectivity index (χ0v) is 11.6. The summed E-state index contributed by atoms with van der Waals surface area (Å²) < 4.78 is 8.39. The predicted octanol–water partition coefficient (Wildman–Crippen LogP) is 0.114. The largest absolute Gasteiger partial charge is 0.494 e. The molecule has 110 valence electrons. The van der Waals surface area contributed by atoms with Crippen LogP contribution >= 0.6 is 0 Å². The molecule has 1 aromatic rings. The van der Waals surface area contributed by atoms with Crippen LogP contribution in [-0.2, 0) is 17.8 Å². The van der Waals surface area contributed by atoms with Crippen molar-refractivity contribution in [2.45, 2.75) is 19.5 Å². The van der Waals surface area contributed by atoms with Gasteiger partial charge in [0.2, 0.25) is 0 Å². The summed E-state index contributed by atoms with van der Waals surface area (Å²) in [5, 5.41) is 7.71. The molecular weight excluding hydrogens is 272 g/mol. The highest BCUT2D eigenvalue weighted by Gasteiger charge is 2.22. The summed E-state index contributed by atoms with van der Waals surface area (Å²) in [7, 11) is 1.46. The number of nitrogen functional groups attached to an aromatic ring is 1. The number of hydrogen-bond donors (Lipinski definition) is 3. The lowest BCUT2D eigenvalue weighted by molar-refractivity contribution is 0.315. The molecule has 1 aromatic heterocycles. The topological polar surface area (TPSA) is 124 Å². The third kappa shape index (κ3) is 1.95. The van der Waals surface area contributed by atoms with Crippen LogP contribution < -0.4 is 17.0 Å². The second-order valence-corrected chi connectivity index (χ2v) is 4.86. The molecule has 1 aliphatic carbocycles. The van der Waals surface area contributed by atoms with Crippen molar-refractivity contribution in [2.24, 2.45) is 10.7 Å². The third-order valence-corrected chi connectivity index (χ3v) is 3.57. The summed E-state index contributed by atoms with van der Waals surface area (Å²) in [6.07, 6.45) is 3.86. The number of hydrogen-bond acceptors (Lipinski definition) is 6. The second-order valence-electron chi connectivity index (χ2n) is 4.86. The predicted molar refractivity (Wildman–Crippen MR) is 79.9 cm³/mol. The van der Waals surface area contributed by atoms with E-state index in [4.69, 9.17) is 21.6 Å². The number of nitrogens with zero attached hydrogens (tertiary/aromatic N) is 3. The molecule has 2 heterocycles. The molecule has 3 rings (SSSR count). The number of aliphatic imine (C=N–C) groups is 1. The Hall–Kier alpha value is -2.77. The Bertz CT molecular complexity index is 777. The summed E-state index contributed by atoms with van der Waals surface area (Å²) >= 11 is 0. The summed E-state index contributed by atoms with van der Waals surface area (Å²) in [6.45, 7) is 1.35. The minimum absolute atomic E-state index is 0.165. The van der Waals surface area contributed by atoms with Gasteiger partial charge in [-0.3, -0.25) is 14.9 Å². The molecule has 8 heteroatoms. The first-order valence-corrected chi connectivity index (χ1v) is 6.53. The van der Waals surface area contributed by atoms with Gasteiger partial charge in [-0.1, -0.05) is 0 Å². The van der Waals surface area contributed by atoms with E-state index >= 15 is 0 Å². The normalized spacial score (nSPS) is 19.5. The zero-order valence-electron chi connectivity index (χ0n) is 11.6. The van der Waals surface area contributed by atoms with E-state index in [0.29, 0.717) is 36.1 Å². The van der Waals surface area contributed by atoms with Crippen molar-refractivity contribution in [2.75, 3.05) is 12.8 Å². The third-order valence-electron chi connectivity index (χ3n) is 3.57. The standard InChI is InChI=1S/C13H16N6O2/c1-21-10-6-9(7(14)5-8(10)15)17-11-12(16)18-3-2-4-19(18)13(11)20/h5-6,15H,2-4,14,16H2,1H3. The van der Waals surface area contributed by atoms with Crippen LogP contribution in [0.5, 0.6) is 0 Å². The fourth-order valence-corrected chi connectivity index (χ4v) is 2.50. The monoisotopic (exact) mass is 288 g/mol. The van der Waals surface area contributed by atoms with Gasteiger partial charge in [-0.2, -0.15) is 0 Å². The van der Waals surface area contributed by atoms with Crippen molar-refractivity contribution in [1.29, 1.82) is 5.41 Å². The van der Waals surface area contributed by atoms with Crippen LogP contribution in [0, 0.1) is 5.41 Å². The first-order valence-electron chi connectivity index (χ1n) is 6.53. The molecule has 0 spiro atoms. The molecule has 0 amide bonds. The van der Waals surface area contributed by atoms with Gasteiger partial charge >= 0.3 is 0 Å². The molecule has 0 saturated heterocycles. The molecule has 0 bridgehead atoms. The zero-order chi connectivity index (χ0) is 15.1. The van der Waals surface area contributed by atoms with Gasteiger partial charge in [-0.25, -0.2) is 9.67 Å². The molecule has 2 aliphatic rings. The Morgan fingerprint density at radius 3 is 2.67 bits per heavy atom. The summed E-state index contributed by atoms with van der Waals surface area (Å²) in [5.74, 6) is 0.680. The Morgan fingerprint density at radius 2 is 2.00 bits per heavy atom. The van der Waals surface area contributed by atoms with Crippen molar-refractivity contribution in [3.05, 3.63) is 34.0 Å². The Labute approximate surface area is 120 Å². The van der Waals surface area contributed by atoms with Crippen molar-refractivity contribution in [1.82, 2.24) is 9.36 Å². The first kappa shape index (κ1) is 13.2. The van der Waals surface area contributed by atoms with E-state index in [-0.39, 0.29) is 17.0 Å². The van der Waals surface area contributed by atoms with Crippen molar-refractivity contribution in [3.8, 4) is 0 Å². The number of allylic oxidation sites excluding steroid dienone is 2. The highest BCUT2D eigenvalue weighted by atomic mass is 16.5. The van der Waals surface area contributed by atoms with Crippen LogP contribution in [0.3, 0.4) is 0 Å². The second kappa shape index (κ2) is 4.65. The summed E-state index contributed by atoms with van der Waals surface area (Å²) in [5.41, 5.74) is 12.6. The van der Waals surface area contributed by atoms with Crippen molar-refractivity contribution in [3.63, 3.8) is 0 Å². The van der Waals surface area contributed by atoms with Gasteiger partial charge in [0.25, 0.3) is 5.56 Å². The highest BCUT2D eigenvalue weighted by Crippen LogP contribution is 2.23. The Balaban J connectivity index is 2.11. The number of rotatable bonds is 2. The molecule has 0 atom stereocenters. The molecule has 0 radical (unpaired) electrons. The smallest absolute Gasteiger partial charge is 0.294 e. The van der Waals surface area contributed by atoms with Gasteiger partial charge in [-0.15, -0.1) is 0 Å². The molecule has 5 N–H and O–H groups in total. The van der Waals surface area contributed by atoms with Gasteiger partial charge in [0.1, 0.15) is 5.76 Å². The maximum absolute atomic E-state index is 12.3. The first-order chi connectivity index (χ1) is 10.0.